The van der Waals surface area contributed by atoms with Gasteiger partial charge >= 0.3 is 0 Å². The molecule has 0 saturated carbocycles. The van der Waals surface area contributed by atoms with Crippen molar-refractivity contribution in [1.29, 1.82) is 0 Å². The van der Waals surface area contributed by atoms with Crippen LogP contribution in [0.3, 0.4) is 0 Å². The Morgan fingerprint density at radius 2 is 2.05 bits per heavy atom. The zero-order chi connectivity index (χ0) is 13.8. The fourth-order valence-corrected chi connectivity index (χ4v) is 1.56. The lowest BCUT2D eigenvalue weighted by atomic mass is 10.2. The summed E-state index contributed by atoms with van der Waals surface area (Å²) in [6.07, 6.45) is -0.341. The van der Waals surface area contributed by atoms with Crippen molar-refractivity contribution < 1.29 is 14.1 Å². The normalized spacial score (nSPS) is 11.9. The van der Waals surface area contributed by atoms with Gasteiger partial charge in [0.2, 0.25) is 0 Å². The van der Waals surface area contributed by atoms with Crippen LogP contribution in [0.25, 0.3) is 0 Å². The van der Waals surface area contributed by atoms with E-state index in [2.05, 4.69) is 15.5 Å². The van der Waals surface area contributed by atoms with Crippen LogP contribution in [-0.2, 0) is 0 Å². The number of aryl methyl sites for hydroxylation is 1. The quantitative estimate of drug-likeness (QED) is 0.909. The van der Waals surface area contributed by atoms with Gasteiger partial charge in [-0.05, 0) is 38.1 Å². The van der Waals surface area contributed by atoms with Crippen LogP contribution < -0.4 is 10.1 Å². The fourth-order valence-electron chi connectivity index (χ4n) is 1.56. The molecule has 1 heterocycles. The number of nitrogens with zero attached hydrogens (tertiary/aromatic N) is 2. The van der Waals surface area contributed by atoms with Crippen LogP contribution in [0.2, 0.25) is 0 Å². The Kier molecular flexibility index (Phi) is 3.79. The highest BCUT2D eigenvalue weighted by atomic mass is 16.5. The third kappa shape index (κ3) is 3.09. The molecule has 19 heavy (non-hydrogen) atoms. The molecule has 0 aliphatic rings. The molecule has 0 spiro atoms. The Balaban J connectivity index is 2.05. The lowest BCUT2D eigenvalue weighted by molar-refractivity contribution is 0.0963. The average Bonchev–Trinajstić information content (AvgIpc) is 2.85. The van der Waals surface area contributed by atoms with Gasteiger partial charge in [-0.15, -0.1) is 0 Å². The van der Waals surface area contributed by atoms with Crippen LogP contribution in [0.15, 0.2) is 28.8 Å². The van der Waals surface area contributed by atoms with E-state index in [9.17, 15) is 4.79 Å². The smallest absolute Gasteiger partial charge is 0.267 e. The van der Waals surface area contributed by atoms with Gasteiger partial charge in [-0.25, -0.2) is 0 Å². The molecular formula is C13H15N3O3. The van der Waals surface area contributed by atoms with Crippen LogP contribution in [-0.4, -0.2) is 23.1 Å². The van der Waals surface area contributed by atoms with E-state index in [0.29, 0.717) is 23.0 Å². The molecule has 1 unspecified atom stereocenters. The highest BCUT2D eigenvalue weighted by Gasteiger charge is 2.14. The molecule has 1 amide bonds. The summed E-state index contributed by atoms with van der Waals surface area (Å²) in [5.41, 5.74) is 0.580. The van der Waals surface area contributed by atoms with Crippen molar-refractivity contribution in [1.82, 2.24) is 15.5 Å². The summed E-state index contributed by atoms with van der Waals surface area (Å²) in [6.45, 7) is 3.57. The second-order valence-corrected chi connectivity index (χ2v) is 4.04. The predicted molar refractivity (Wildman–Crippen MR) is 67.9 cm³/mol. The highest BCUT2D eigenvalue weighted by molar-refractivity contribution is 5.94. The van der Waals surface area contributed by atoms with Gasteiger partial charge in [0.05, 0.1) is 0 Å². The Bertz CT molecular complexity index is 563. The second-order valence-electron chi connectivity index (χ2n) is 4.04. The van der Waals surface area contributed by atoms with E-state index in [0.717, 1.165) is 0 Å². The van der Waals surface area contributed by atoms with Gasteiger partial charge in [0, 0.05) is 12.6 Å². The molecule has 1 aromatic carbocycles. The van der Waals surface area contributed by atoms with Crippen molar-refractivity contribution in [3.63, 3.8) is 0 Å². The summed E-state index contributed by atoms with van der Waals surface area (Å²) in [6, 6.07) is 6.84. The molecule has 6 heteroatoms. The molecule has 2 aromatic rings. The first-order chi connectivity index (χ1) is 9.10. The Hall–Kier alpha value is -2.37. The Labute approximate surface area is 110 Å². The van der Waals surface area contributed by atoms with E-state index >= 15 is 0 Å². The maximum atomic E-state index is 11.4. The number of hydrogen-bond donors (Lipinski definition) is 1. The summed E-state index contributed by atoms with van der Waals surface area (Å²) in [5, 5.41) is 6.27. The van der Waals surface area contributed by atoms with E-state index in [4.69, 9.17) is 9.26 Å². The molecule has 1 N–H and O–H groups in total. The number of hydrogen-bond acceptors (Lipinski definition) is 5. The minimum Gasteiger partial charge on any atom is -0.481 e. The molecule has 0 aliphatic heterocycles. The van der Waals surface area contributed by atoms with Gasteiger partial charge in [0.1, 0.15) is 5.75 Å². The minimum absolute atomic E-state index is 0.132. The summed E-state index contributed by atoms with van der Waals surface area (Å²) in [7, 11) is 1.59. The minimum atomic E-state index is -0.341. The number of carbonyl (C=O) groups excluding carboxylic acids is 1. The van der Waals surface area contributed by atoms with Crippen molar-refractivity contribution in [2.45, 2.75) is 20.0 Å². The van der Waals surface area contributed by atoms with Crippen molar-refractivity contribution in [3.8, 4) is 5.75 Å². The number of benzene rings is 1. The maximum absolute atomic E-state index is 11.4. The van der Waals surface area contributed by atoms with Crippen molar-refractivity contribution in [2.24, 2.45) is 0 Å². The molecule has 1 atom stereocenters. The number of nitrogens with one attached hydrogen (secondary N) is 1. The molecule has 0 saturated heterocycles. The standard InChI is InChI=1S/C13H15N3O3/c1-8(13-15-9(2)16-19-13)18-11-6-4-10(5-7-11)12(17)14-3/h4-8H,1-3H3,(H,14,17). The van der Waals surface area contributed by atoms with E-state index in [1.54, 1.807) is 38.2 Å². The molecule has 0 radical (unpaired) electrons. The van der Waals surface area contributed by atoms with Crippen LogP contribution in [0.5, 0.6) is 5.75 Å². The van der Waals surface area contributed by atoms with E-state index in [1.807, 2.05) is 6.92 Å². The lowest BCUT2D eigenvalue weighted by Crippen LogP contribution is -2.17. The molecule has 2 rings (SSSR count). The molecular weight excluding hydrogens is 246 g/mol. The Morgan fingerprint density at radius 1 is 1.37 bits per heavy atom. The average molecular weight is 261 g/mol. The SMILES string of the molecule is CNC(=O)c1ccc(OC(C)c2nc(C)no2)cc1. The topological polar surface area (TPSA) is 77.2 Å². The first kappa shape index (κ1) is 13.1. The van der Waals surface area contributed by atoms with E-state index < -0.39 is 0 Å². The number of amides is 1. The number of ether oxygens (including phenoxy) is 1. The van der Waals surface area contributed by atoms with Gasteiger partial charge < -0.3 is 14.6 Å². The summed E-state index contributed by atoms with van der Waals surface area (Å²) in [4.78, 5) is 15.5. The van der Waals surface area contributed by atoms with E-state index in [1.165, 1.54) is 0 Å². The molecule has 100 valence electrons. The molecule has 0 aliphatic carbocycles. The van der Waals surface area contributed by atoms with Crippen LogP contribution >= 0.6 is 0 Å². The summed E-state index contributed by atoms with van der Waals surface area (Å²) < 4.78 is 10.7. The summed E-state index contributed by atoms with van der Waals surface area (Å²) >= 11 is 0. The van der Waals surface area contributed by atoms with Crippen LogP contribution in [0.4, 0.5) is 0 Å². The van der Waals surface area contributed by atoms with Crippen molar-refractivity contribution in [3.05, 3.63) is 41.5 Å². The zero-order valence-electron chi connectivity index (χ0n) is 11.0. The first-order valence-corrected chi connectivity index (χ1v) is 5.89. The van der Waals surface area contributed by atoms with E-state index in [-0.39, 0.29) is 12.0 Å². The fraction of sp³-hybridized carbons (Fsp3) is 0.308. The number of carbonyl (C=O) groups is 1. The van der Waals surface area contributed by atoms with Crippen molar-refractivity contribution >= 4 is 5.91 Å². The van der Waals surface area contributed by atoms with Gasteiger partial charge in [0.25, 0.3) is 11.8 Å². The van der Waals surface area contributed by atoms with Crippen molar-refractivity contribution in [2.75, 3.05) is 7.05 Å². The molecule has 1 aromatic heterocycles. The maximum Gasteiger partial charge on any atom is 0.267 e. The summed E-state index contributed by atoms with van der Waals surface area (Å²) in [5.74, 6) is 1.50. The second kappa shape index (κ2) is 5.51. The third-order valence-corrected chi connectivity index (χ3v) is 2.55. The van der Waals surface area contributed by atoms with Gasteiger partial charge in [-0.3, -0.25) is 4.79 Å². The van der Waals surface area contributed by atoms with Gasteiger partial charge in [-0.1, -0.05) is 5.16 Å². The highest BCUT2D eigenvalue weighted by Crippen LogP contribution is 2.20. The number of rotatable bonds is 4. The van der Waals surface area contributed by atoms with Crippen LogP contribution in [0, 0.1) is 6.92 Å². The largest absolute Gasteiger partial charge is 0.481 e. The predicted octanol–water partition coefficient (Wildman–Crippen LogP) is 1.88. The number of aromatic nitrogens is 2. The lowest BCUT2D eigenvalue weighted by Gasteiger charge is -2.10. The van der Waals surface area contributed by atoms with Crippen LogP contribution in [0.1, 0.15) is 35.1 Å². The molecule has 0 fully saturated rings. The first-order valence-electron chi connectivity index (χ1n) is 5.89. The molecule has 0 bridgehead atoms. The zero-order valence-corrected chi connectivity index (χ0v) is 11.0. The Morgan fingerprint density at radius 3 is 2.58 bits per heavy atom. The monoisotopic (exact) mass is 261 g/mol. The molecule has 6 nitrogen and oxygen atoms in total. The van der Waals surface area contributed by atoms with Gasteiger partial charge in [0.15, 0.2) is 11.9 Å². The van der Waals surface area contributed by atoms with Gasteiger partial charge in [-0.2, -0.15) is 4.98 Å². The third-order valence-electron chi connectivity index (χ3n) is 2.55.